The number of esters is 1. The van der Waals surface area contributed by atoms with Crippen molar-refractivity contribution in [1.29, 1.82) is 5.26 Å². The molecule has 0 saturated carbocycles. The average molecular weight is 370 g/mol. The Morgan fingerprint density at radius 2 is 1.96 bits per heavy atom. The Hall–Kier alpha value is -3.37. The maximum absolute atomic E-state index is 11.8. The van der Waals surface area contributed by atoms with E-state index in [1.807, 2.05) is 6.07 Å². The highest BCUT2D eigenvalue weighted by Crippen LogP contribution is 2.19. The molecule has 1 heterocycles. The fraction of sp³-hybridized carbons (Fsp3) is 0.111. The number of nitriles is 1. The highest BCUT2D eigenvalue weighted by atomic mass is 35.5. The molecule has 0 saturated heterocycles. The van der Waals surface area contributed by atoms with Crippen molar-refractivity contribution in [2.75, 3.05) is 6.61 Å². The molecule has 0 fully saturated rings. The Balaban J connectivity index is 1.52. The summed E-state index contributed by atoms with van der Waals surface area (Å²) in [6.07, 6.45) is 0. The Labute approximate surface area is 153 Å². The first-order valence-electron chi connectivity index (χ1n) is 7.52. The normalized spacial score (nSPS) is 10.2. The summed E-state index contributed by atoms with van der Waals surface area (Å²) in [5.41, 5.74) is 1.07. The minimum Gasteiger partial charge on any atom is -0.481 e. The van der Waals surface area contributed by atoms with Gasteiger partial charge in [0.2, 0.25) is 5.82 Å². The fourth-order valence-electron chi connectivity index (χ4n) is 2.04. The van der Waals surface area contributed by atoms with Crippen LogP contribution in [0.25, 0.3) is 11.4 Å². The standard InChI is InChI=1S/C18H12ClN3O4/c19-14-7-5-12(6-8-14)18-21-16(26-22-18)10-25-17(23)11-24-15-4-2-1-3-13(15)9-20/h1-8H,10-11H2. The van der Waals surface area contributed by atoms with E-state index in [2.05, 4.69) is 10.1 Å². The van der Waals surface area contributed by atoms with Gasteiger partial charge in [0.1, 0.15) is 11.8 Å². The van der Waals surface area contributed by atoms with Gasteiger partial charge in [0, 0.05) is 10.6 Å². The van der Waals surface area contributed by atoms with Crippen molar-refractivity contribution in [2.45, 2.75) is 6.61 Å². The van der Waals surface area contributed by atoms with E-state index in [0.717, 1.165) is 5.56 Å². The Bertz CT molecular complexity index is 948. The van der Waals surface area contributed by atoms with Gasteiger partial charge >= 0.3 is 5.97 Å². The summed E-state index contributed by atoms with van der Waals surface area (Å²) >= 11 is 5.83. The number of para-hydroxylation sites is 1. The predicted octanol–water partition coefficient (Wildman–Crippen LogP) is 3.38. The SMILES string of the molecule is N#Cc1ccccc1OCC(=O)OCc1nc(-c2ccc(Cl)cc2)no1. The summed E-state index contributed by atoms with van der Waals surface area (Å²) in [6, 6.07) is 15.5. The van der Waals surface area contributed by atoms with Crippen molar-refractivity contribution in [3.8, 4) is 23.2 Å². The van der Waals surface area contributed by atoms with E-state index in [-0.39, 0.29) is 19.1 Å². The van der Waals surface area contributed by atoms with Crippen LogP contribution in [-0.4, -0.2) is 22.7 Å². The van der Waals surface area contributed by atoms with Crippen molar-refractivity contribution in [1.82, 2.24) is 10.1 Å². The highest BCUT2D eigenvalue weighted by molar-refractivity contribution is 6.30. The van der Waals surface area contributed by atoms with Crippen molar-refractivity contribution >= 4 is 17.6 Å². The van der Waals surface area contributed by atoms with Crippen molar-refractivity contribution < 1.29 is 18.8 Å². The van der Waals surface area contributed by atoms with Gasteiger partial charge < -0.3 is 14.0 Å². The summed E-state index contributed by atoms with van der Waals surface area (Å²) in [5.74, 6) is 0.214. The van der Waals surface area contributed by atoms with Gasteiger partial charge in [-0.25, -0.2) is 4.79 Å². The Morgan fingerprint density at radius 3 is 2.73 bits per heavy atom. The maximum Gasteiger partial charge on any atom is 0.344 e. The lowest BCUT2D eigenvalue weighted by Crippen LogP contribution is -2.15. The number of carbonyl (C=O) groups excluding carboxylic acids is 1. The molecule has 0 unspecified atom stereocenters. The second kappa shape index (κ2) is 8.14. The van der Waals surface area contributed by atoms with Crippen LogP contribution in [-0.2, 0) is 16.1 Å². The van der Waals surface area contributed by atoms with Gasteiger partial charge in [0.25, 0.3) is 5.89 Å². The molecule has 7 nitrogen and oxygen atoms in total. The number of hydrogen-bond donors (Lipinski definition) is 0. The Morgan fingerprint density at radius 1 is 1.19 bits per heavy atom. The summed E-state index contributed by atoms with van der Waals surface area (Å²) in [5, 5.41) is 13.4. The topological polar surface area (TPSA) is 98.2 Å². The number of benzene rings is 2. The van der Waals surface area contributed by atoms with E-state index < -0.39 is 5.97 Å². The third kappa shape index (κ3) is 4.37. The smallest absolute Gasteiger partial charge is 0.344 e. The number of hydrogen-bond acceptors (Lipinski definition) is 7. The summed E-state index contributed by atoms with van der Waals surface area (Å²) in [6.45, 7) is -0.514. The predicted molar refractivity (Wildman–Crippen MR) is 91.2 cm³/mol. The van der Waals surface area contributed by atoms with E-state index in [9.17, 15) is 4.79 Å². The molecule has 0 aliphatic rings. The van der Waals surface area contributed by atoms with Crippen molar-refractivity contribution in [3.63, 3.8) is 0 Å². The van der Waals surface area contributed by atoms with Gasteiger partial charge in [0.15, 0.2) is 13.2 Å². The lowest BCUT2D eigenvalue weighted by Gasteiger charge is -2.06. The van der Waals surface area contributed by atoms with Crippen molar-refractivity contribution in [2.24, 2.45) is 0 Å². The first-order valence-corrected chi connectivity index (χ1v) is 7.89. The molecule has 26 heavy (non-hydrogen) atoms. The van der Waals surface area contributed by atoms with Gasteiger partial charge in [-0.1, -0.05) is 28.9 Å². The van der Waals surface area contributed by atoms with E-state index >= 15 is 0 Å². The Kier molecular flexibility index (Phi) is 5.46. The second-order valence-corrected chi connectivity index (χ2v) is 5.51. The number of ether oxygens (including phenoxy) is 2. The monoisotopic (exact) mass is 369 g/mol. The van der Waals surface area contributed by atoms with Gasteiger partial charge in [-0.05, 0) is 36.4 Å². The first-order chi connectivity index (χ1) is 12.7. The molecule has 0 aliphatic carbocycles. The molecule has 130 valence electrons. The molecule has 0 aliphatic heterocycles. The highest BCUT2D eigenvalue weighted by Gasteiger charge is 2.12. The van der Waals surface area contributed by atoms with Crippen LogP contribution in [0.4, 0.5) is 0 Å². The molecule has 0 radical (unpaired) electrons. The van der Waals surface area contributed by atoms with Crippen LogP contribution < -0.4 is 4.74 Å². The lowest BCUT2D eigenvalue weighted by atomic mass is 10.2. The molecule has 3 aromatic rings. The zero-order chi connectivity index (χ0) is 18.4. The molecule has 1 aromatic heterocycles. The van der Waals surface area contributed by atoms with Crippen LogP contribution in [0.1, 0.15) is 11.5 Å². The van der Waals surface area contributed by atoms with Crippen LogP contribution in [0.15, 0.2) is 53.1 Å². The van der Waals surface area contributed by atoms with E-state index in [0.29, 0.717) is 22.2 Å². The molecular weight excluding hydrogens is 358 g/mol. The minimum absolute atomic E-state index is 0.153. The van der Waals surface area contributed by atoms with Gasteiger partial charge in [-0.15, -0.1) is 0 Å². The van der Waals surface area contributed by atoms with Crippen LogP contribution in [0.3, 0.4) is 0 Å². The number of aromatic nitrogens is 2. The summed E-state index contributed by atoms with van der Waals surface area (Å²) < 4.78 is 15.4. The third-order valence-corrected chi connectivity index (χ3v) is 3.53. The molecule has 0 spiro atoms. The minimum atomic E-state index is -0.621. The number of nitrogens with zero attached hydrogens (tertiary/aromatic N) is 3. The van der Waals surface area contributed by atoms with Gasteiger partial charge in [-0.3, -0.25) is 0 Å². The molecule has 0 N–H and O–H groups in total. The average Bonchev–Trinajstić information content (AvgIpc) is 3.14. The molecule has 0 bridgehead atoms. The summed E-state index contributed by atoms with van der Waals surface area (Å²) in [7, 11) is 0. The second-order valence-electron chi connectivity index (χ2n) is 5.08. The molecule has 0 atom stereocenters. The van der Waals surface area contributed by atoms with E-state index in [4.69, 9.17) is 30.9 Å². The zero-order valence-electron chi connectivity index (χ0n) is 13.4. The quantitative estimate of drug-likeness (QED) is 0.614. The number of carbonyl (C=O) groups is 1. The van der Waals surface area contributed by atoms with E-state index in [1.165, 1.54) is 0 Å². The van der Waals surface area contributed by atoms with Crippen LogP contribution in [0, 0.1) is 11.3 Å². The van der Waals surface area contributed by atoms with Crippen LogP contribution in [0.2, 0.25) is 5.02 Å². The molecular formula is C18H12ClN3O4. The van der Waals surface area contributed by atoms with Gasteiger partial charge in [-0.2, -0.15) is 10.2 Å². The largest absolute Gasteiger partial charge is 0.481 e. The van der Waals surface area contributed by atoms with Crippen molar-refractivity contribution in [3.05, 3.63) is 65.0 Å². The summed E-state index contributed by atoms with van der Waals surface area (Å²) in [4.78, 5) is 15.9. The van der Waals surface area contributed by atoms with Crippen LogP contribution >= 0.6 is 11.6 Å². The molecule has 2 aromatic carbocycles. The van der Waals surface area contributed by atoms with Crippen LogP contribution in [0.5, 0.6) is 5.75 Å². The lowest BCUT2D eigenvalue weighted by molar-refractivity contribution is -0.148. The molecule has 3 rings (SSSR count). The molecule has 0 amide bonds. The van der Waals surface area contributed by atoms with Gasteiger partial charge in [0.05, 0.1) is 5.56 Å². The third-order valence-electron chi connectivity index (χ3n) is 3.28. The number of halogens is 1. The zero-order valence-corrected chi connectivity index (χ0v) is 14.1. The molecule has 8 heteroatoms. The maximum atomic E-state index is 11.8. The van der Waals surface area contributed by atoms with E-state index in [1.54, 1.807) is 48.5 Å². The number of rotatable bonds is 6. The first kappa shape index (κ1) is 17.5. The fourth-order valence-corrected chi connectivity index (χ4v) is 2.16.